The molecule has 15 heavy (non-hydrogen) atoms. The minimum Gasteiger partial charge on any atom is -0.505 e. The van der Waals surface area contributed by atoms with Gasteiger partial charge in [0.25, 0.3) is 0 Å². The van der Waals surface area contributed by atoms with Crippen LogP contribution in [0.4, 0.5) is 5.95 Å². The molecule has 0 saturated carbocycles. The van der Waals surface area contributed by atoms with Crippen molar-refractivity contribution < 1.29 is 14.9 Å². The van der Waals surface area contributed by atoms with Crippen LogP contribution in [0.1, 0.15) is 0 Å². The third-order valence-electron chi connectivity index (χ3n) is 2.25. The summed E-state index contributed by atoms with van der Waals surface area (Å²) in [6.45, 7) is 1.81. The zero-order valence-corrected chi connectivity index (χ0v) is 8.20. The van der Waals surface area contributed by atoms with Crippen LogP contribution >= 0.6 is 0 Å². The third kappa shape index (κ3) is 2.34. The highest BCUT2D eigenvalue weighted by atomic mass is 16.5. The summed E-state index contributed by atoms with van der Waals surface area (Å²) in [5, 5.41) is 18.0. The first kappa shape index (κ1) is 10.1. The molecule has 0 unspecified atom stereocenters. The molecular formula is C9H13N3O3. The quantitative estimate of drug-likeness (QED) is 0.678. The van der Waals surface area contributed by atoms with Gasteiger partial charge in [0.05, 0.1) is 31.7 Å². The molecule has 0 bridgehead atoms. The molecule has 1 fully saturated rings. The molecule has 0 aromatic carbocycles. The Kier molecular flexibility index (Phi) is 2.98. The Hall–Kier alpha value is -1.40. The molecule has 2 N–H and O–H groups in total. The zero-order chi connectivity index (χ0) is 10.7. The lowest BCUT2D eigenvalue weighted by atomic mass is 10.3. The molecule has 0 amide bonds. The van der Waals surface area contributed by atoms with Gasteiger partial charge in [-0.2, -0.15) is 0 Å². The highest BCUT2D eigenvalue weighted by Crippen LogP contribution is 2.14. The average Bonchev–Trinajstić information content (AvgIpc) is 2.30. The second-order valence-corrected chi connectivity index (χ2v) is 3.36. The highest BCUT2D eigenvalue weighted by Gasteiger charge is 2.21. The Morgan fingerprint density at radius 1 is 1.47 bits per heavy atom. The van der Waals surface area contributed by atoms with E-state index in [9.17, 15) is 0 Å². The number of ether oxygens (including phenoxy) is 1. The maximum atomic E-state index is 9.04. The molecule has 1 aromatic heterocycles. The fraction of sp³-hybridized carbons (Fsp3) is 0.556. The van der Waals surface area contributed by atoms with Gasteiger partial charge in [-0.3, -0.25) is 0 Å². The van der Waals surface area contributed by atoms with Crippen molar-refractivity contribution in [3.05, 3.63) is 12.4 Å². The monoisotopic (exact) mass is 211 g/mol. The number of nitrogens with zero attached hydrogens (tertiary/aromatic N) is 3. The number of aromatic nitrogens is 2. The first-order valence-corrected chi connectivity index (χ1v) is 4.78. The van der Waals surface area contributed by atoms with Gasteiger partial charge in [0.1, 0.15) is 0 Å². The standard InChI is InChI=1S/C9H13N3O3/c13-6-8-5-12(1-2-15-8)9-10-3-7(14)4-11-9/h3-4,8,13-14H,1-2,5-6H2/t8-/m0/s1. The summed E-state index contributed by atoms with van der Waals surface area (Å²) in [5.41, 5.74) is 0. The minimum atomic E-state index is -0.184. The summed E-state index contributed by atoms with van der Waals surface area (Å²) in [6, 6.07) is 0. The number of aliphatic hydroxyl groups is 1. The van der Waals surface area contributed by atoms with Crippen molar-refractivity contribution in [3.63, 3.8) is 0 Å². The van der Waals surface area contributed by atoms with Gasteiger partial charge in [-0.15, -0.1) is 0 Å². The second kappa shape index (κ2) is 4.41. The Morgan fingerprint density at radius 3 is 2.87 bits per heavy atom. The molecule has 2 heterocycles. The summed E-state index contributed by atoms with van der Waals surface area (Å²) in [5.74, 6) is 0.597. The van der Waals surface area contributed by atoms with Crippen LogP contribution in [0, 0.1) is 0 Å². The summed E-state index contributed by atoms with van der Waals surface area (Å²) < 4.78 is 5.31. The molecule has 1 saturated heterocycles. The maximum Gasteiger partial charge on any atom is 0.225 e. The lowest BCUT2D eigenvalue weighted by molar-refractivity contribution is 0.00313. The number of morpholine rings is 1. The number of aliphatic hydroxyl groups excluding tert-OH is 1. The summed E-state index contributed by atoms with van der Waals surface area (Å²) in [6.07, 6.45) is 2.52. The minimum absolute atomic E-state index is 0.00537. The number of hydrogen-bond donors (Lipinski definition) is 2. The van der Waals surface area contributed by atoms with E-state index in [0.29, 0.717) is 25.6 Å². The number of aromatic hydroxyl groups is 1. The van der Waals surface area contributed by atoms with E-state index in [-0.39, 0.29) is 18.5 Å². The Balaban J connectivity index is 2.06. The smallest absolute Gasteiger partial charge is 0.225 e. The SMILES string of the molecule is OC[C@@H]1CN(c2ncc(O)cn2)CCO1. The lowest BCUT2D eigenvalue weighted by Crippen LogP contribution is -2.44. The van der Waals surface area contributed by atoms with Gasteiger partial charge >= 0.3 is 0 Å². The maximum absolute atomic E-state index is 9.04. The topological polar surface area (TPSA) is 78.7 Å². The second-order valence-electron chi connectivity index (χ2n) is 3.36. The zero-order valence-electron chi connectivity index (χ0n) is 8.20. The van der Waals surface area contributed by atoms with Crippen molar-refractivity contribution in [3.8, 4) is 5.75 Å². The van der Waals surface area contributed by atoms with E-state index in [1.165, 1.54) is 12.4 Å². The van der Waals surface area contributed by atoms with Crippen LogP contribution in [0.2, 0.25) is 0 Å². The molecule has 6 heteroatoms. The Morgan fingerprint density at radius 2 is 2.20 bits per heavy atom. The third-order valence-corrected chi connectivity index (χ3v) is 2.25. The molecule has 82 valence electrons. The normalized spacial score (nSPS) is 21.7. The summed E-state index contributed by atoms with van der Waals surface area (Å²) in [7, 11) is 0. The van der Waals surface area contributed by atoms with E-state index >= 15 is 0 Å². The number of hydrogen-bond acceptors (Lipinski definition) is 6. The summed E-state index contributed by atoms with van der Waals surface area (Å²) >= 11 is 0. The predicted molar refractivity (Wildman–Crippen MR) is 52.7 cm³/mol. The van der Waals surface area contributed by atoms with Crippen molar-refractivity contribution >= 4 is 5.95 Å². The van der Waals surface area contributed by atoms with E-state index < -0.39 is 0 Å². The average molecular weight is 211 g/mol. The van der Waals surface area contributed by atoms with E-state index in [4.69, 9.17) is 14.9 Å². The Bertz CT molecular complexity index is 317. The van der Waals surface area contributed by atoms with Crippen LogP contribution < -0.4 is 4.90 Å². The van der Waals surface area contributed by atoms with Crippen molar-refractivity contribution in [1.29, 1.82) is 0 Å². The molecule has 1 aliphatic heterocycles. The van der Waals surface area contributed by atoms with Crippen molar-refractivity contribution in [2.24, 2.45) is 0 Å². The van der Waals surface area contributed by atoms with Crippen LogP contribution in [-0.2, 0) is 4.74 Å². The van der Waals surface area contributed by atoms with Gasteiger partial charge in [0.2, 0.25) is 5.95 Å². The van der Waals surface area contributed by atoms with Gasteiger partial charge in [0, 0.05) is 13.1 Å². The van der Waals surface area contributed by atoms with E-state index in [1.807, 2.05) is 4.90 Å². The van der Waals surface area contributed by atoms with Crippen LogP contribution in [0.5, 0.6) is 5.75 Å². The van der Waals surface area contributed by atoms with E-state index in [1.54, 1.807) is 0 Å². The van der Waals surface area contributed by atoms with Crippen LogP contribution in [0.15, 0.2) is 12.4 Å². The Labute approximate surface area is 87.2 Å². The largest absolute Gasteiger partial charge is 0.505 e. The van der Waals surface area contributed by atoms with Gasteiger partial charge in [-0.05, 0) is 0 Å². The van der Waals surface area contributed by atoms with Gasteiger partial charge in [-0.1, -0.05) is 0 Å². The van der Waals surface area contributed by atoms with Crippen molar-refractivity contribution in [2.45, 2.75) is 6.10 Å². The van der Waals surface area contributed by atoms with Crippen molar-refractivity contribution in [2.75, 3.05) is 31.2 Å². The number of anilines is 1. The lowest BCUT2D eigenvalue weighted by Gasteiger charge is -2.31. The molecule has 6 nitrogen and oxygen atoms in total. The van der Waals surface area contributed by atoms with E-state index in [2.05, 4.69) is 9.97 Å². The first-order valence-electron chi connectivity index (χ1n) is 4.78. The fourth-order valence-electron chi connectivity index (χ4n) is 1.49. The van der Waals surface area contributed by atoms with Crippen LogP contribution in [0.3, 0.4) is 0 Å². The van der Waals surface area contributed by atoms with Gasteiger partial charge in [-0.25, -0.2) is 9.97 Å². The van der Waals surface area contributed by atoms with Gasteiger partial charge < -0.3 is 19.8 Å². The summed E-state index contributed by atoms with van der Waals surface area (Å²) in [4.78, 5) is 9.92. The van der Waals surface area contributed by atoms with E-state index in [0.717, 1.165) is 0 Å². The van der Waals surface area contributed by atoms with Gasteiger partial charge in [0.15, 0.2) is 5.75 Å². The molecule has 0 spiro atoms. The van der Waals surface area contributed by atoms with Crippen LogP contribution in [-0.4, -0.2) is 52.6 Å². The molecule has 1 atom stereocenters. The molecular weight excluding hydrogens is 198 g/mol. The molecule has 1 aliphatic rings. The predicted octanol–water partition coefficient (Wildman–Crippen LogP) is -0.620. The fourth-order valence-corrected chi connectivity index (χ4v) is 1.49. The van der Waals surface area contributed by atoms with Crippen molar-refractivity contribution in [1.82, 2.24) is 9.97 Å². The highest BCUT2D eigenvalue weighted by molar-refractivity contribution is 5.31. The molecule has 0 radical (unpaired) electrons. The molecule has 0 aliphatic carbocycles. The van der Waals surface area contributed by atoms with Crippen LogP contribution in [0.25, 0.3) is 0 Å². The number of rotatable bonds is 2. The molecule has 1 aromatic rings. The molecule has 2 rings (SSSR count). The first-order chi connectivity index (χ1) is 7.29.